The van der Waals surface area contributed by atoms with E-state index in [0.29, 0.717) is 24.6 Å². The number of nitrogens with zero attached hydrogens (tertiary/aromatic N) is 2. The van der Waals surface area contributed by atoms with Gasteiger partial charge in [0, 0.05) is 19.1 Å². The predicted molar refractivity (Wildman–Crippen MR) is 91.0 cm³/mol. The molecular formula is C15H19Cl2N3O2S. The van der Waals surface area contributed by atoms with Gasteiger partial charge in [0.25, 0.3) is 0 Å². The lowest BCUT2D eigenvalue weighted by atomic mass is 9.78. The normalized spacial score (nSPS) is 27.8. The molecule has 8 heteroatoms. The summed E-state index contributed by atoms with van der Waals surface area (Å²) in [6.45, 7) is 0.974. The van der Waals surface area contributed by atoms with Gasteiger partial charge in [-0.15, -0.1) is 12.4 Å². The molecule has 1 heterocycles. The van der Waals surface area contributed by atoms with Crippen LogP contribution in [0.1, 0.15) is 24.8 Å². The van der Waals surface area contributed by atoms with E-state index in [9.17, 15) is 8.42 Å². The maximum atomic E-state index is 12.8. The molecule has 0 amide bonds. The zero-order chi connectivity index (χ0) is 15.9. The van der Waals surface area contributed by atoms with Gasteiger partial charge in [-0.05, 0) is 42.9 Å². The topological polar surface area (TPSA) is 87.2 Å². The predicted octanol–water partition coefficient (Wildman–Crippen LogP) is 2.38. The second-order valence-corrected chi connectivity index (χ2v) is 8.41. The molecule has 2 aliphatic rings. The Balaban J connectivity index is 0.00000192. The van der Waals surface area contributed by atoms with Crippen molar-refractivity contribution >= 4 is 34.0 Å². The summed E-state index contributed by atoms with van der Waals surface area (Å²) in [6.07, 6.45) is 3.06. The summed E-state index contributed by atoms with van der Waals surface area (Å²) < 4.78 is 27.1. The van der Waals surface area contributed by atoms with Gasteiger partial charge in [0.15, 0.2) is 0 Å². The highest BCUT2D eigenvalue weighted by Crippen LogP contribution is 2.38. The van der Waals surface area contributed by atoms with E-state index in [-0.39, 0.29) is 34.3 Å². The molecule has 5 nitrogen and oxygen atoms in total. The first kappa shape index (κ1) is 18.5. The molecule has 23 heavy (non-hydrogen) atoms. The Morgan fingerprint density at radius 2 is 2.04 bits per heavy atom. The zero-order valence-electron chi connectivity index (χ0n) is 12.5. The standard InChI is InChI=1S/C15H18ClN3O2S.ClH/c16-13-6-10(7-17)4-5-15(13)22(20,21)19-8-11-2-1-3-14(18)12(11)9-19;/h4-6,11-12,14H,1-3,8-9,18H2;1H. The molecule has 3 atom stereocenters. The summed E-state index contributed by atoms with van der Waals surface area (Å²) in [4.78, 5) is 0.0698. The second-order valence-electron chi connectivity index (χ2n) is 6.10. The number of benzene rings is 1. The Hall–Kier alpha value is -0.840. The van der Waals surface area contributed by atoms with E-state index in [0.717, 1.165) is 19.3 Å². The van der Waals surface area contributed by atoms with Gasteiger partial charge < -0.3 is 5.73 Å². The Bertz CT molecular complexity index is 733. The summed E-state index contributed by atoms with van der Waals surface area (Å²) in [5.41, 5.74) is 6.50. The number of halogens is 2. The molecule has 1 saturated carbocycles. The van der Waals surface area contributed by atoms with Crippen molar-refractivity contribution in [1.29, 1.82) is 5.26 Å². The van der Waals surface area contributed by atoms with Gasteiger partial charge in [-0.1, -0.05) is 18.0 Å². The molecule has 3 rings (SSSR count). The van der Waals surface area contributed by atoms with Gasteiger partial charge in [0.2, 0.25) is 10.0 Å². The van der Waals surface area contributed by atoms with Crippen LogP contribution in [0.15, 0.2) is 23.1 Å². The molecule has 0 bridgehead atoms. The highest BCUT2D eigenvalue weighted by atomic mass is 35.5. The maximum absolute atomic E-state index is 12.8. The Labute approximate surface area is 147 Å². The van der Waals surface area contributed by atoms with Crippen molar-refractivity contribution in [2.75, 3.05) is 13.1 Å². The highest BCUT2D eigenvalue weighted by Gasteiger charge is 2.43. The van der Waals surface area contributed by atoms with Crippen LogP contribution >= 0.6 is 24.0 Å². The van der Waals surface area contributed by atoms with Crippen LogP contribution < -0.4 is 5.73 Å². The van der Waals surface area contributed by atoms with Crippen molar-refractivity contribution in [1.82, 2.24) is 4.31 Å². The van der Waals surface area contributed by atoms with Gasteiger partial charge in [0.1, 0.15) is 4.90 Å². The summed E-state index contributed by atoms with van der Waals surface area (Å²) in [5.74, 6) is 0.580. The first-order valence-corrected chi connectivity index (χ1v) is 9.20. The van der Waals surface area contributed by atoms with Gasteiger partial charge in [-0.2, -0.15) is 9.57 Å². The fourth-order valence-electron chi connectivity index (χ4n) is 3.59. The lowest BCUT2D eigenvalue weighted by molar-refractivity contribution is 0.260. The van der Waals surface area contributed by atoms with Crippen molar-refractivity contribution < 1.29 is 8.42 Å². The molecular weight excluding hydrogens is 357 g/mol. The van der Waals surface area contributed by atoms with E-state index in [1.54, 1.807) is 0 Å². The van der Waals surface area contributed by atoms with E-state index < -0.39 is 10.0 Å². The van der Waals surface area contributed by atoms with Gasteiger partial charge in [-0.3, -0.25) is 0 Å². The number of nitriles is 1. The van der Waals surface area contributed by atoms with Crippen molar-refractivity contribution in [3.63, 3.8) is 0 Å². The van der Waals surface area contributed by atoms with E-state index >= 15 is 0 Å². The average Bonchev–Trinajstić information content (AvgIpc) is 2.93. The van der Waals surface area contributed by atoms with E-state index in [2.05, 4.69) is 0 Å². The lowest BCUT2D eigenvalue weighted by Crippen LogP contribution is -2.38. The molecule has 126 valence electrons. The van der Waals surface area contributed by atoms with Crippen molar-refractivity contribution in [3.05, 3.63) is 28.8 Å². The van der Waals surface area contributed by atoms with Crippen LogP contribution in [0.5, 0.6) is 0 Å². The quantitative estimate of drug-likeness (QED) is 0.859. The summed E-state index contributed by atoms with van der Waals surface area (Å²) in [7, 11) is -3.64. The van der Waals surface area contributed by atoms with Gasteiger partial charge >= 0.3 is 0 Å². The Morgan fingerprint density at radius 3 is 2.65 bits per heavy atom. The minimum Gasteiger partial charge on any atom is -0.327 e. The zero-order valence-corrected chi connectivity index (χ0v) is 14.9. The van der Waals surface area contributed by atoms with E-state index in [4.69, 9.17) is 22.6 Å². The third-order valence-corrected chi connectivity index (χ3v) is 7.11. The number of hydrogen-bond acceptors (Lipinski definition) is 4. The average molecular weight is 376 g/mol. The SMILES string of the molecule is Cl.N#Cc1ccc(S(=O)(=O)N2CC3CCCC(N)C3C2)c(Cl)c1. The third kappa shape index (κ3) is 3.35. The lowest BCUT2D eigenvalue weighted by Gasteiger charge is -2.29. The fourth-order valence-corrected chi connectivity index (χ4v) is 5.64. The van der Waals surface area contributed by atoms with Crippen molar-refractivity contribution in [2.24, 2.45) is 17.6 Å². The first-order chi connectivity index (χ1) is 10.4. The van der Waals surface area contributed by atoms with Crippen molar-refractivity contribution in [3.8, 4) is 6.07 Å². The van der Waals surface area contributed by atoms with E-state index in [1.165, 1.54) is 22.5 Å². The van der Waals surface area contributed by atoms with Crippen LogP contribution in [-0.4, -0.2) is 31.9 Å². The molecule has 0 aromatic heterocycles. The largest absolute Gasteiger partial charge is 0.327 e. The molecule has 0 spiro atoms. The molecule has 1 aromatic rings. The molecule has 1 saturated heterocycles. The molecule has 1 aliphatic carbocycles. The maximum Gasteiger partial charge on any atom is 0.244 e. The summed E-state index contributed by atoms with van der Waals surface area (Å²) >= 11 is 6.07. The Kier molecular flexibility index (Phi) is 5.59. The highest BCUT2D eigenvalue weighted by molar-refractivity contribution is 7.89. The minimum atomic E-state index is -3.64. The monoisotopic (exact) mass is 375 g/mol. The van der Waals surface area contributed by atoms with Crippen molar-refractivity contribution in [2.45, 2.75) is 30.2 Å². The molecule has 3 unspecified atom stereocenters. The molecule has 2 N–H and O–H groups in total. The number of rotatable bonds is 2. The molecule has 1 aromatic carbocycles. The molecule has 2 fully saturated rings. The Morgan fingerprint density at radius 1 is 1.30 bits per heavy atom. The summed E-state index contributed by atoms with van der Waals surface area (Å²) in [5, 5.41) is 8.95. The number of hydrogen-bond donors (Lipinski definition) is 1. The van der Waals surface area contributed by atoms with Crippen LogP contribution in [0.2, 0.25) is 5.02 Å². The molecule has 1 aliphatic heterocycles. The van der Waals surface area contributed by atoms with Crippen LogP contribution in [-0.2, 0) is 10.0 Å². The number of fused-ring (bicyclic) bond motifs is 1. The first-order valence-electron chi connectivity index (χ1n) is 7.39. The van der Waals surface area contributed by atoms with Crippen LogP contribution in [0.3, 0.4) is 0 Å². The molecule has 0 radical (unpaired) electrons. The van der Waals surface area contributed by atoms with Gasteiger partial charge in [0.05, 0.1) is 16.7 Å². The number of sulfonamides is 1. The smallest absolute Gasteiger partial charge is 0.244 e. The van der Waals surface area contributed by atoms with Crippen LogP contribution in [0, 0.1) is 23.2 Å². The second kappa shape index (κ2) is 6.96. The van der Waals surface area contributed by atoms with E-state index in [1.807, 2.05) is 6.07 Å². The number of nitrogens with two attached hydrogens (primary N) is 1. The van der Waals surface area contributed by atoms with Crippen LogP contribution in [0.4, 0.5) is 0 Å². The third-order valence-electron chi connectivity index (χ3n) is 4.80. The fraction of sp³-hybridized carbons (Fsp3) is 0.533. The van der Waals surface area contributed by atoms with Crippen LogP contribution in [0.25, 0.3) is 0 Å². The minimum absolute atomic E-state index is 0. The van der Waals surface area contributed by atoms with Gasteiger partial charge in [-0.25, -0.2) is 8.42 Å². The summed E-state index contributed by atoms with van der Waals surface area (Å²) in [6, 6.07) is 6.32.